The Morgan fingerprint density at radius 3 is 2.72 bits per heavy atom. The highest BCUT2D eigenvalue weighted by Crippen LogP contribution is 2.28. The van der Waals surface area contributed by atoms with Gasteiger partial charge in [-0.25, -0.2) is 0 Å². The van der Waals surface area contributed by atoms with E-state index in [-0.39, 0.29) is 30.3 Å². The first kappa shape index (κ1) is 15.7. The van der Waals surface area contributed by atoms with Gasteiger partial charge in [0.1, 0.15) is 0 Å². The molecule has 0 aromatic rings. The van der Waals surface area contributed by atoms with Crippen molar-refractivity contribution in [1.82, 2.24) is 5.32 Å². The summed E-state index contributed by atoms with van der Waals surface area (Å²) in [6.07, 6.45) is 6.60. The van der Waals surface area contributed by atoms with Crippen LogP contribution in [0.25, 0.3) is 0 Å². The summed E-state index contributed by atoms with van der Waals surface area (Å²) in [7, 11) is 0. The number of carbonyl (C=O) groups excluding carboxylic acids is 1. The smallest absolute Gasteiger partial charge is 0.223 e. The minimum atomic E-state index is 0. The van der Waals surface area contributed by atoms with Gasteiger partial charge in [-0.3, -0.25) is 4.79 Å². The van der Waals surface area contributed by atoms with E-state index in [4.69, 9.17) is 10.5 Å². The molecule has 1 amide bonds. The average molecular weight is 277 g/mol. The first-order valence-corrected chi connectivity index (χ1v) is 6.86. The van der Waals surface area contributed by atoms with Crippen molar-refractivity contribution in [3.05, 3.63) is 0 Å². The summed E-state index contributed by atoms with van der Waals surface area (Å²) in [6, 6.07) is 0.214. The van der Waals surface area contributed by atoms with Crippen LogP contribution in [0.3, 0.4) is 0 Å². The van der Waals surface area contributed by atoms with E-state index in [1.54, 1.807) is 0 Å². The maximum absolute atomic E-state index is 11.8. The lowest BCUT2D eigenvalue weighted by Gasteiger charge is -2.25. The number of nitrogens with one attached hydrogen (secondary N) is 1. The van der Waals surface area contributed by atoms with Crippen LogP contribution >= 0.6 is 12.4 Å². The predicted octanol–water partition coefficient (Wildman–Crippen LogP) is 1.47. The lowest BCUT2D eigenvalue weighted by atomic mass is 9.85. The Morgan fingerprint density at radius 2 is 2.06 bits per heavy atom. The molecule has 0 aromatic heterocycles. The second-order valence-corrected chi connectivity index (χ2v) is 5.43. The maximum Gasteiger partial charge on any atom is 0.223 e. The molecule has 2 rings (SSSR count). The zero-order valence-electron chi connectivity index (χ0n) is 10.9. The van der Waals surface area contributed by atoms with Crippen molar-refractivity contribution in [2.45, 2.75) is 44.6 Å². The highest BCUT2D eigenvalue weighted by Gasteiger charge is 2.25. The van der Waals surface area contributed by atoms with Crippen LogP contribution in [0.5, 0.6) is 0 Å². The molecule has 0 bridgehead atoms. The van der Waals surface area contributed by atoms with Gasteiger partial charge in [0.25, 0.3) is 0 Å². The van der Waals surface area contributed by atoms with Crippen LogP contribution in [0.15, 0.2) is 0 Å². The second kappa shape index (κ2) is 7.97. The Labute approximate surface area is 115 Å². The van der Waals surface area contributed by atoms with Crippen molar-refractivity contribution in [3.8, 4) is 0 Å². The van der Waals surface area contributed by atoms with Crippen molar-refractivity contribution in [2.75, 3.05) is 19.8 Å². The van der Waals surface area contributed by atoms with E-state index in [0.29, 0.717) is 13.2 Å². The van der Waals surface area contributed by atoms with Gasteiger partial charge in [0.05, 0.1) is 6.61 Å². The topological polar surface area (TPSA) is 64.4 Å². The van der Waals surface area contributed by atoms with Crippen LogP contribution in [-0.2, 0) is 9.53 Å². The maximum atomic E-state index is 11.8. The highest BCUT2D eigenvalue weighted by molar-refractivity contribution is 5.85. The van der Waals surface area contributed by atoms with Crippen LogP contribution in [0.4, 0.5) is 0 Å². The van der Waals surface area contributed by atoms with Gasteiger partial charge in [-0.05, 0) is 38.0 Å². The standard InChI is InChI=1S/C13H24N2O2.ClH/c14-12-3-1-2-11(8-12)13(16)15-6-7-17-9-10-4-5-10;/h10-12H,1-9,14H2,(H,15,16);1H. The van der Waals surface area contributed by atoms with Crippen molar-refractivity contribution < 1.29 is 9.53 Å². The number of amides is 1. The Morgan fingerprint density at radius 1 is 1.28 bits per heavy atom. The van der Waals surface area contributed by atoms with E-state index in [0.717, 1.165) is 38.2 Å². The third-order valence-electron chi connectivity index (χ3n) is 3.68. The summed E-state index contributed by atoms with van der Waals surface area (Å²) in [5, 5.41) is 2.95. The SMILES string of the molecule is Cl.NC1CCCC(C(=O)NCCOCC2CC2)C1. The monoisotopic (exact) mass is 276 g/mol. The van der Waals surface area contributed by atoms with Gasteiger partial charge < -0.3 is 15.8 Å². The molecule has 106 valence electrons. The molecule has 0 spiro atoms. The summed E-state index contributed by atoms with van der Waals surface area (Å²) in [6.45, 7) is 2.14. The fraction of sp³-hybridized carbons (Fsp3) is 0.923. The van der Waals surface area contributed by atoms with Crippen molar-refractivity contribution in [1.29, 1.82) is 0 Å². The number of hydrogen-bond donors (Lipinski definition) is 2. The van der Waals surface area contributed by atoms with Gasteiger partial charge in [0.15, 0.2) is 0 Å². The summed E-state index contributed by atoms with van der Waals surface area (Å²) >= 11 is 0. The van der Waals surface area contributed by atoms with Crippen molar-refractivity contribution in [3.63, 3.8) is 0 Å². The van der Waals surface area contributed by atoms with Gasteiger partial charge in [0, 0.05) is 25.1 Å². The molecule has 3 N–H and O–H groups in total. The molecule has 2 unspecified atom stereocenters. The zero-order chi connectivity index (χ0) is 12.1. The van der Waals surface area contributed by atoms with Crippen molar-refractivity contribution in [2.24, 2.45) is 17.6 Å². The summed E-state index contributed by atoms with van der Waals surface area (Å²) in [5.41, 5.74) is 5.87. The molecule has 5 heteroatoms. The molecule has 2 aliphatic carbocycles. The van der Waals surface area contributed by atoms with E-state index < -0.39 is 0 Å². The summed E-state index contributed by atoms with van der Waals surface area (Å²) in [5.74, 6) is 1.08. The minimum absolute atomic E-state index is 0. The van der Waals surface area contributed by atoms with Gasteiger partial charge in [-0.15, -0.1) is 12.4 Å². The molecule has 0 radical (unpaired) electrons. The first-order chi connectivity index (χ1) is 8.25. The van der Waals surface area contributed by atoms with Crippen LogP contribution < -0.4 is 11.1 Å². The lowest BCUT2D eigenvalue weighted by Crippen LogP contribution is -2.38. The molecule has 0 aromatic carbocycles. The van der Waals surface area contributed by atoms with Gasteiger partial charge >= 0.3 is 0 Å². The quantitative estimate of drug-likeness (QED) is 0.722. The molecule has 2 saturated carbocycles. The molecular weight excluding hydrogens is 252 g/mol. The van der Waals surface area contributed by atoms with Gasteiger partial charge in [-0.1, -0.05) is 6.42 Å². The molecule has 2 aliphatic rings. The number of halogens is 1. The largest absolute Gasteiger partial charge is 0.379 e. The third kappa shape index (κ3) is 5.55. The van der Waals surface area contributed by atoms with E-state index in [1.165, 1.54) is 12.8 Å². The van der Waals surface area contributed by atoms with E-state index >= 15 is 0 Å². The second-order valence-electron chi connectivity index (χ2n) is 5.43. The number of ether oxygens (including phenoxy) is 1. The molecule has 4 nitrogen and oxygen atoms in total. The van der Waals surface area contributed by atoms with Crippen LogP contribution in [0.1, 0.15) is 38.5 Å². The van der Waals surface area contributed by atoms with Crippen LogP contribution in [0.2, 0.25) is 0 Å². The minimum Gasteiger partial charge on any atom is -0.379 e. The molecule has 2 fully saturated rings. The lowest BCUT2D eigenvalue weighted by molar-refractivity contribution is -0.126. The number of hydrogen-bond acceptors (Lipinski definition) is 3. The molecule has 2 atom stereocenters. The average Bonchev–Trinajstić information content (AvgIpc) is 3.12. The molecule has 18 heavy (non-hydrogen) atoms. The molecule has 0 heterocycles. The number of rotatable bonds is 6. The zero-order valence-corrected chi connectivity index (χ0v) is 11.7. The normalized spacial score (nSPS) is 27.4. The molecule has 0 saturated heterocycles. The fourth-order valence-electron chi connectivity index (χ4n) is 2.39. The Balaban J connectivity index is 0.00000162. The summed E-state index contributed by atoms with van der Waals surface area (Å²) in [4.78, 5) is 11.8. The number of nitrogens with two attached hydrogens (primary N) is 1. The van der Waals surface area contributed by atoms with Crippen molar-refractivity contribution >= 4 is 18.3 Å². The van der Waals surface area contributed by atoms with E-state index in [9.17, 15) is 4.79 Å². The van der Waals surface area contributed by atoms with Gasteiger partial charge in [-0.2, -0.15) is 0 Å². The predicted molar refractivity (Wildman–Crippen MR) is 73.7 cm³/mol. The molecule has 0 aliphatic heterocycles. The van der Waals surface area contributed by atoms with E-state index in [2.05, 4.69) is 5.32 Å². The Kier molecular flexibility index (Phi) is 6.97. The fourth-order valence-corrected chi connectivity index (χ4v) is 2.39. The van der Waals surface area contributed by atoms with Crippen LogP contribution in [-0.4, -0.2) is 31.7 Å². The van der Waals surface area contributed by atoms with E-state index in [1.807, 2.05) is 0 Å². The highest BCUT2D eigenvalue weighted by atomic mass is 35.5. The Bertz CT molecular complexity index is 259. The molecular formula is C13H25ClN2O2. The summed E-state index contributed by atoms with van der Waals surface area (Å²) < 4.78 is 5.48. The number of carbonyl (C=O) groups is 1. The van der Waals surface area contributed by atoms with Crippen LogP contribution in [0, 0.1) is 11.8 Å². The Hall–Kier alpha value is -0.320. The third-order valence-corrected chi connectivity index (χ3v) is 3.68. The van der Waals surface area contributed by atoms with Gasteiger partial charge in [0.2, 0.25) is 5.91 Å². The first-order valence-electron chi connectivity index (χ1n) is 6.86.